The molecular formula is C20H30N6O. The number of piperidine rings is 1. The van der Waals surface area contributed by atoms with Crippen molar-refractivity contribution in [2.45, 2.75) is 39.2 Å². The number of carbonyl (C=O) groups excluding carboxylic acids is 1. The maximum atomic E-state index is 12.6. The van der Waals surface area contributed by atoms with Crippen LogP contribution in [-0.2, 0) is 13.6 Å². The molecule has 2 amide bonds. The van der Waals surface area contributed by atoms with Crippen LogP contribution in [-0.4, -0.2) is 57.8 Å². The minimum Gasteiger partial charge on any atom is -0.324 e. The zero-order valence-electron chi connectivity index (χ0n) is 17.0. The molecule has 1 aliphatic rings. The Balaban J connectivity index is 1.59. The van der Waals surface area contributed by atoms with E-state index >= 15 is 0 Å². The average Bonchev–Trinajstić information content (AvgIpc) is 2.98. The molecule has 0 bridgehead atoms. The van der Waals surface area contributed by atoms with Gasteiger partial charge in [0, 0.05) is 31.7 Å². The highest BCUT2D eigenvalue weighted by Crippen LogP contribution is 2.27. The van der Waals surface area contributed by atoms with Crippen molar-refractivity contribution in [2.24, 2.45) is 7.05 Å². The van der Waals surface area contributed by atoms with Crippen LogP contribution < -0.4 is 5.32 Å². The van der Waals surface area contributed by atoms with Crippen LogP contribution in [0.2, 0.25) is 0 Å². The summed E-state index contributed by atoms with van der Waals surface area (Å²) in [5, 5.41) is 11.8. The molecule has 3 rings (SSSR count). The molecule has 7 heteroatoms. The van der Waals surface area contributed by atoms with Gasteiger partial charge in [-0.3, -0.25) is 0 Å². The number of urea groups is 1. The van der Waals surface area contributed by atoms with Gasteiger partial charge in [0.25, 0.3) is 0 Å². The van der Waals surface area contributed by atoms with Crippen LogP contribution in [0.5, 0.6) is 0 Å². The van der Waals surface area contributed by atoms with Crippen molar-refractivity contribution in [3.63, 3.8) is 0 Å². The average molecular weight is 371 g/mol. The molecule has 2 aromatic rings. The minimum absolute atomic E-state index is 0.0200. The number of rotatable bonds is 4. The van der Waals surface area contributed by atoms with Gasteiger partial charge in [0.15, 0.2) is 0 Å². The van der Waals surface area contributed by atoms with Crippen molar-refractivity contribution in [1.29, 1.82) is 0 Å². The molecule has 0 radical (unpaired) electrons. The largest absolute Gasteiger partial charge is 0.324 e. The van der Waals surface area contributed by atoms with Crippen LogP contribution in [0.25, 0.3) is 0 Å². The monoisotopic (exact) mass is 370 g/mol. The first kappa shape index (κ1) is 19.4. The van der Waals surface area contributed by atoms with E-state index in [-0.39, 0.29) is 6.03 Å². The van der Waals surface area contributed by atoms with Crippen LogP contribution in [0.3, 0.4) is 0 Å². The van der Waals surface area contributed by atoms with E-state index in [0.29, 0.717) is 5.92 Å². The number of carbonyl (C=O) groups is 1. The molecule has 1 aromatic heterocycles. The molecule has 1 saturated heterocycles. The molecule has 1 aromatic carbocycles. The Morgan fingerprint density at radius 2 is 1.93 bits per heavy atom. The predicted octanol–water partition coefficient (Wildman–Crippen LogP) is 2.91. The van der Waals surface area contributed by atoms with Crippen LogP contribution in [0.4, 0.5) is 10.5 Å². The maximum absolute atomic E-state index is 12.6. The number of hydrogen-bond acceptors (Lipinski definition) is 4. The number of aryl methyl sites for hydroxylation is 2. The first-order chi connectivity index (χ1) is 12.8. The van der Waals surface area contributed by atoms with Gasteiger partial charge < -0.3 is 19.7 Å². The lowest BCUT2D eigenvalue weighted by Gasteiger charge is -2.31. The normalized spacial score (nSPS) is 15.4. The summed E-state index contributed by atoms with van der Waals surface area (Å²) in [7, 11) is 6.09. The number of hydrogen-bond donors (Lipinski definition) is 1. The zero-order chi connectivity index (χ0) is 19.6. The predicted molar refractivity (Wildman–Crippen MR) is 107 cm³/mol. The standard InChI is InChI=1S/C20H30N6O/c1-14-6-7-15(2)17(12-14)21-20(27)26-10-8-16(9-11-26)19-23-22-18(25(19)5)13-24(3)4/h6-7,12,16H,8-11,13H2,1-5H3,(H,21,27). The summed E-state index contributed by atoms with van der Waals surface area (Å²) in [6, 6.07) is 6.10. The summed E-state index contributed by atoms with van der Waals surface area (Å²) in [5.41, 5.74) is 3.12. The first-order valence-corrected chi connectivity index (χ1v) is 9.51. The Labute approximate surface area is 161 Å². The smallest absolute Gasteiger partial charge is 0.321 e. The van der Waals surface area contributed by atoms with Gasteiger partial charge in [-0.05, 0) is 58.0 Å². The highest BCUT2D eigenvalue weighted by molar-refractivity contribution is 5.90. The highest BCUT2D eigenvalue weighted by Gasteiger charge is 2.27. The number of nitrogens with one attached hydrogen (secondary N) is 1. The molecule has 2 heterocycles. The van der Waals surface area contributed by atoms with E-state index < -0.39 is 0 Å². The maximum Gasteiger partial charge on any atom is 0.321 e. The lowest BCUT2D eigenvalue weighted by atomic mass is 9.96. The van der Waals surface area contributed by atoms with E-state index in [1.54, 1.807) is 0 Å². The molecule has 0 atom stereocenters. The Morgan fingerprint density at radius 3 is 2.59 bits per heavy atom. The van der Waals surface area contributed by atoms with Gasteiger partial charge in [-0.25, -0.2) is 4.79 Å². The highest BCUT2D eigenvalue weighted by atomic mass is 16.2. The molecule has 0 spiro atoms. The minimum atomic E-state index is -0.0200. The summed E-state index contributed by atoms with van der Waals surface area (Å²) < 4.78 is 2.11. The fraction of sp³-hybridized carbons (Fsp3) is 0.550. The molecule has 1 N–H and O–H groups in total. The van der Waals surface area contributed by atoms with Crippen LogP contribution in [0.1, 0.15) is 41.5 Å². The molecule has 1 aliphatic heterocycles. The van der Waals surface area contributed by atoms with Crippen molar-refractivity contribution in [3.05, 3.63) is 41.0 Å². The molecule has 0 aliphatic carbocycles. The van der Waals surface area contributed by atoms with Gasteiger partial charge in [-0.2, -0.15) is 0 Å². The fourth-order valence-electron chi connectivity index (χ4n) is 3.56. The Morgan fingerprint density at radius 1 is 1.22 bits per heavy atom. The second-order valence-electron chi connectivity index (χ2n) is 7.78. The summed E-state index contributed by atoms with van der Waals surface area (Å²) >= 11 is 0. The molecule has 0 saturated carbocycles. The van der Waals surface area contributed by atoms with Crippen molar-refractivity contribution < 1.29 is 4.79 Å². The van der Waals surface area contributed by atoms with E-state index in [0.717, 1.165) is 60.9 Å². The number of likely N-dealkylation sites (tertiary alicyclic amines) is 1. The van der Waals surface area contributed by atoms with E-state index in [1.807, 2.05) is 52.0 Å². The van der Waals surface area contributed by atoms with Gasteiger partial charge in [0.1, 0.15) is 11.6 Å². The lowest BCUT2D eigenvalue weighted by molar-refractivity contribution is 0.193. The summed E-state index contributed by atoms with van der Waals surface area (Å²) in [5.74, 6) is 2.36. The number of benzene rings is 1. The molecule has 1 fully saturated rings. The van der Waals surface area contributed by atoms with Gasteiger partial charge in [-0.15, -0.1) is 10.2 Å². The molecule has 7 nitrogen and oxygen atoms in total. The number of nitrogens with zero attached hydrogens (tertiary/aromatic N) is 5. The lowest BCUT2D eigenvalue weighted by Crippen LogP contribution is -2.41. The van der Waals surface area contributed by atoms with E-state index in [4.69, 9.17) is 0 Å². The molecule has 0 unspecified atom stereocenters. The number of aromatic nitrogens is 3. The number of anilines is 1. The van der Waals surface area contributed by atoms with Crippen molar-refractivity contribution in [2.75, 3.05) is 32.5 Å². The summed E-state index contributed by atoms with van der Waals surface area (Å²) in [4.78, 5) is 16.6. The zero-order valence-corrected chi connectivity index (χ0v) is 17.0. The van der Waals surface area contributed by atoms with Gasteiger partial charge >= 0.3 is 6.03 Å². The number of amides is 2. The Hall–Kier alpha value is -2.41. The third-order valence-corrected chi connectivity index (χ3v) is 5.24. The third-order valence-electron chi connectivity index (χ3n) is 5.24. The molecule has 146 valence electrons. The second kappa shape index (κ2) is 8.08. The van der Waals surface area contributed by atoms with E-state index in [9.17, 15) is 4.79 Å². The second-order valence-corrected chi connectivity index (χ2v) is 7.78. The van der Waals surface area contributed by atoms with Crippen LogP contribution in [0, 0.1) is 13.8 Å². The van der Waals surface area contributed by atoms with Crippen molar-refractivity contribution in [1.82, 2.24) is 24.6 Å². The summed E-state index contributed by atoms with van der Waals surface area (Å²) in [6.45, 7) is 6.29. The van der Waals surface area contributed by atoms with Gasteiger partial charge in [-0.1, -0.05) is 12.1 Å². The van der Waals surface area contributed by atoms with Crippen LogP contribution in [0.15, 0.2) is 18.2 Å². The molecular weight excluding hydrogens is 340 g/mol. The van der Waals surface area contributed by atoms with E-state index in [2.05, 4.69) is 31.0 Å². The van der Waals surface area contributed by atoms with E-state index in [1.165, 1.54) is 0 Å². The van der Waals surface area contributed by atoms with Crippen LogP contribution >= 0.6 is 0 Å². The SMILES string of the molecule is Cc1ccc(C)c(NC(=O)N2CCC(c3nnc(CN(C)C)n3C)CC2)c1. The van der Waals surface area contributed by atoms with Crippen molar-refractivity contribution in [3.8, 4) is 0 Å². The summed E-state index contributed by atoms with van der Waals surface area (Å²) in [6.07, 6.45) is 1.82. The fourth-order valence-corrected chi connectivity index (χ4v) is 3.56. The topological polar surface area (TPSA) is 66.3 Å². The Bertz CT molecular complexity index is 805. The quantitative estimate of drug-likeness (QED) is 0.899. The first-order valence-electron chi connectivity index (χ1n) is 9.51. The van der Waals surface area contributed by atoms with Gasteiger partial charge in [0.2, 0.25) is 0 Å². The Kier molecular flexibility index (Phi) is 5.79. The third kappa shape index (κ3) is 4.47. The van der Waals surface area contributed by atoms with Gasteiger partial charge in [0.05, 0.1) is 6.54 Å². The molecule has 27 heavy (non-hydrogen) atoms. The van der Waals surface area contributed by atoms with Crippen molar-refractivity contribution >= 4 is 11.7 Å².